The number of esters is 1. The van der Waals surface area contributed by atoms with Crippen LogP contribution < -0.4 is 0 Å². The fraction of sp³-hybridized carbons (Fsp3) is 0.308. The van der Waals surface area contributed by atoms with Crippen LogP contribution in [-0.4, -0.2) is 28.0 Å². The minimum absolute atomic E-state index is 0.105. The number of hydrogen-bond donors (Lipinski definition) is 0. The lowest BCUT2D eigenvalue weighted by Crippen LogP contribution is -2.09. The highest BCUT2D eigenvalue weighted by molar-refractivity contribution is 8.00. The molecule has 0 saturated carbocycles. The minimum atomic E-state index is -0.422. The fourth-order valence-corrected chi connectivity index (χ4v) is 3.00. The van der Waals surface area contributed by atoms with Gasteiger partial charge in [-0.25, -0.2) is 4.39 Å². The number of thioether (sulfide) groups is 1. The molecule has 1 atom stereocenters. The van der Waals surface area contributed by atoms with Crippen molar-refractivity contribution < 1.29 is 18.3 Å². The van der Waals surface area contributed by atoms with Gasteiger partial charge in [-0.05, 0) is 23.9 Å². The second-order valence-electron chi connectivity index (χ2n) is 4.40. The molecule has 0 spiro atoms. The molecule has 8 heteroatoms. The fourth-order valence-electron chi connectivity index (χ4n) is 1.92. The van der Waals surface area contributed by atoms with Crippen molar-refractivity contribution in [2.45, 2.75) is 23.3 Å². The number of halogens is 2. The Bertz CT molecular complexity index is 659. The standard InChI is InChI=1S/C13H10ClFN2O3S/c14-8-2-1-3-9(15)7(8)6-11-16-17-13(20-11)21-10-4-5-19-12(10)18/h1-3,10H,4-6H2/t10-/m1/s1. The number of cyclic esters (lactones) is 1. The average Bonchev–Trinajstić information content (AvgIpc) is 3.05. The van der Waals surface area contributed by atoms with E-state index in [0.717, 1.165) is 11.8 Å². The van der Waals surface area contributed by atoms with E-state index in [1.165, 1.54) is 12.1 Å². The lowest BCUT2D eigenvalue weighted by atomic mass is 10.1. The summed E-state index contributed by atoms with van der Waals surface area (Å²) in [5.41, 5.74) is 0.305. The maximum absolute atomic E-state index is 13.7. The van der Waals surface area contributed by atoms with Gasteiger partial charge in [0.2, 0.25) is 5.89 Å². The molecule has 21 heavy (non-hydrogen) atoms. The Hall–Kier alpha value is -1.60. The van der Waals surface area contributed by atoms with Crippen molar-refractivity contribution in [3.05, 3.63) is 40.5 Å². The predicted molar refractivity (Wildman–Crippen MR) is 73.7 cm³/mol. The van der Waals surface area contributed by atoms with E-state index in [-0.39, 0.29) is 28.8 Å². The number of rotatable bonds is 4. The van der Waals surface area contributed by atoms with Crippen LogP contribution in [0.5, 0.6) is 0 Å². The first-order chi connectivity index (χ1) is 10.1. The molecular weight excluding hydrogens is 319 g/mol. The van der Waals surface area contributed by atoms with Crippen molar-refractivity contribution in [2.24, 2.45) is 0 Å². The Labute approximate surface area is 128 Å². The first-order valence-electron chi connectivity index (χ1n) is 6.22. The first-order valence-corrected chi connectivity index (χ1v) is 7.48. The van der Waals surface area contributed by atoms with Gasteiger partial charge in [-0.3, -0.25) is 4.79 Å². The van der Waals surface area contributed by atoms with Crippen molar-refractivity contribution in [1.29, 1.82) is 0 Å². The zero-order chi connectivity index (χ0) is 14.8. The maximum atomic E-state index is 13.7. The summed E-state index contributed by atoms with van der Waals surface area (Å²) in [6.45, 7) is 0.405. The van der Waals surface area contributed by atoms with Gasteiger partial charge in [0, 0.05) is 17.0 Å². The molecule has 0 unspecified atom stereocenters. The van der Waals surface area contributed by atoms with Crippen LogP contribution in [0, 0.1) is 5.82 Å². The zero-order valence-electron chi connectivity index (χ0n) is 10.7. The molecule has 2 heterocycles. The summed E-state index contributed by atoms with van der Waals surface area (Å²) < 4.78 is 24.0. The van der Waals surface area contributed by atoms with Crippen LogP contribution in [0.4, 0.5) is 4.39 Å². The molecule has 2 aromatic rings. The number of benzene rings is 1. The minimum Gasteiger partial charge on any atom is -0.465 e. The third-order valence-corrected chi connectivity index (χ3v) is 4.40. The van der Waals surface area contributed by atoms with Crippen LogP contribution in [0.2, 0.25) is 5.02 Å². The van der Waals surface area contributed by atoms with Gasteiger partial charge in [0.1, 0.15) is 11.1 Å². The highest BCUT2D eigenvalue weighted by atomic mass is 35.5. The Morgan fingerprint density at radius 3 is 3.00 bits per heavy atom. The molecule has 0 amide bonds. The number of ether oxygens (including phenoxy) is 1. The van der Waals surface area contributed by atoms with E-state index in [1.54, 1.807) is 6.07 Å². The van der Waals surface area contributed by atoms with E-state index in [2.05, 4.69) is 10.2 Å². The van der Waals surface area contributed by atoms with Crippen molar-refractivity contribution in [3.63, 3.8) is 0 Å². The summed E-state index contributed by atoms with van der Waals surface area (Å²) in [5, 5.41) is 7.94. The van der Waals surface area contributed by atoms with Crippen LogP contribution in [0.1, 0.15) is 17.9 Å². The third kappa shape index (κ3) is 3.19. The number of nitrogens with zero attached hydrogens (tertiary/aromatic N) is 2. The molecular formula is C13H10ClFN2O3S. The van der Waals surface area contributed by atoms with Crippen molar-refractivity contribution >= 4 is 29.3 Å². The second kappa shape index (κ2) is 6.03. The van der Waals surface area contributed by atoms with Crippen LogP contribution in [-0.2, 0) is 16.0 Å². The molecule has 1 fully saturated rings. The van der Waals surface area contributed by atoms with Gasteiger partial charge in [-0.1, -0.05) is 17.7 Å². The van der Waals surface area contributed by atoms with Gasteiger partial charge in [0.25, 0.3) is 5.22 Å². The van der Waals surface area contributed by atoms with Crippen LogP contribution in [0.3, 0.4) is 0 Å². The quantitative estimate of drug-likeness (QED) is 0.804. The molecule has 1 aliphatic heterocycles. The molecule has 3 rings (SSSR count). The van der Waals surface area contributed by atoms with Crippen molar-refractivity contribution in [1.82, 2.24) is 10.2 Å². The Balaban J connectivity index is 1.72. The largest absolute Gasteiger partial charge is 0.465 e. The monoisotopic (exact) mass is 328 g/mol. The third-order valence-electron chi connectivity index (χ3n) is 2.97. The molecule has 110 valence electrons. The molecule has 0 bridgehead atoms. The SMILES string of the molecule is O=C1OCC[C@H]1Sc1nnc(Cc2c(F)cccc2Cl)o1. The summed E-state index contributed by atoms with van der Waals surface area (Å²) in [6, 6.07) is 4.45. The molecule has 0 radical (unpaired) electrons. The van der Waals surface area contributed by atoms with E-state index in [0.29, 0.717) is 23.6 Å². The van der Waals surface area contributed by atoms with E-state index in [4.69, 9.17) is 20.8 Å². The Kier molecular flexibility index (Phi) is 4.12. The highest BCUT2D eigenvalue weighted by Gasteiger charge is 2.29. The van der Waals surface area contributed by atoms with E-state index in [1.807, 2.05) is 0 Å². The van der Waals surface area contributed by atoms with Gasteiger partial charge in [-0.15, -0.1) is 10.2 Å². The van der Waals surface area contributed by atoms with Gasteiger partial charge >= 0.3 is 5.97 Å². The highest BCUT2D eigenvalue weighted by Crippen LogP contribution is 2.29. The van der Waals surface area contributed by atoms with E-state index < -0.39 is 5.82 Å². The lowest BCUT2D eigenvalue weighted by molar-refractivity contribution is -0.137. The van der Waals surface area contributed by atoms with E-state index in [9.17, 15) is 9.18 Å². The molecule has 1 aliphatic rings. The average molecular weight is 329 g/mol. The van der Waals surface area contributed by atoms with Crippen molar-refractivity contribution in [2.75, 3.05) is 6.61 Å². The number of carbonyl (C=O) groups is 1. The number of carbonyl (C=O) groups excluding carboxylic acids is 1. The first kappa shape index (κ1) is 14.3. The number of aromatic nitrogens is 2. The normalized spacial score (nSPS) is 18.0. The summed E-state index contributed by atoms with van der Waals surface area (Å²) >= 11 is 7.10. The predicted octanol–water partition coefficient (Wildman–Crippen LogP) is 2.86. The maximum Gasteiger partial charge on any atom is 0.319 e. The van der Waals surface area contributed by atoms with Gasteiger partial charge in [0.05, 0.1) is 13.0 Å². The van der Waals surface area contributed by atoms with Crippen LogP contribution in [0.15, 0.2) is 27.8 Å². The Morgan fingerprint density at radius 1 is 1.43 bits per heavy atom. The zero-order valence-corrected chi connectivity index (χ0v) is 12.3. The second-order valence-corrected chi connectivity index (χ2v) is 5.96. The summed E-state index contributed by atoms with van der Waals surface area (Å²) in [7, 11) is 0. The lowest BCUT2D eigenvalue weighted by Gasteiger charge is -2.02. The molecule has 0 aliphatic carbocycles. The summed E-state index contributed by atoms with van der Waals surface area (Å²) in [4.78, 5) is 11.4. The van der Waals surface area contributed by atoms with Gasteiger partial charge in [-0.2, -0.15) is 0 Å². The molecule has 5 nitrogen and oxygen atoms in total. The van der Waals surface area contributed by atoms with E-state index >= 15 is 0 Å². The van der Waals surface area contributed by atoms with Crippen molar-refractivity contribution in [3.8, 4) is 0 Å². The Morgan fingerprint density at radius 2 is 2.29 bits per heavy atom. The summed E-state index contributed by atoms with van der Waals surface area (Å²) in [5.74, 6) is -0.456. The summed E-state index contributed by atoms with van der Waals surface area (Å²) in [6.07, 6.45) is 0.717. The number of hydrogen-bond acceptors (Lipinski definition) is 6. The van der Waals surface area contributed by atoms with Crippen LogP contribution in [0.25, 0.3) is 0 Å². The van der Waals surface area contributed by atoms with Gasteiger partial charge < -0.3 is 9.15 Å². The van der Waals surface area contributed by atoms with Crippen LogP contribution >= 0.6 is 23.4 Å². The van der Waals surface area contributed by atoms with Gasteiger partial charge in [0.15, 0.2) is 0 Å². The molecule has 1 aromatic carbocycles. The smallest absolute Gasteiger partial charge is 0.319 e. The molecule has 1 saturated heterocycles. The topological polar surface area (TPSA) is 65.2 Å². The molecule has 1 aromatic heterocycles. The molecule has 0 N–H and O–H groups in total.